The summed E-state index contributed by atoms with van der Waals surface area (Å²) < 4.78 is 2.56. The largest absolute Gasteiger partial charge is 0.312 e. The molecule has 2 rings (SSSR count). The van der Waals surface area contributed by atoms with E-state index in [2.05, 4.69) is 18.9 Å². The standard InChI is InChI=1S/C8H18N2P2/c11-12-10-5-3-7-2-1-4-9-8(7)6-10/h7-9,12H,1-6,11H2. The van der Waals surface area contributed by atoms with Crippen LogP contribution >= 0.6 is 17.3 Å². The number of piperidine rings is 2. The van der Waals surface area contributed by atoms with E-state index in [1.165, 1.54) is 38.9 Å². The van der Waals surface area contributed by atoms with Gasteiger partial charge in [-0.2, -0.15) is 0 Å². The number of hydrogen-bond donors (Lipinski definition) is 1. The number of rotatable bonds is 1. The zero-order valence-electron chi connectivity index (χ0n) is 7.42. The molecule has 0 bridgehead atoms. The van der Waals surface area contributed by atoms with Gasteiger partial charge in [0.2, 0.25) is 0 Å². The third kappa shape index (κ3) is 1.99. The predicted octanol–water partition coefficient (Wildman–Crippen LogP) is 1.44. The Kier molecular flexibility index (Phi) is 3.37. The van der Waals surface area contributed by atoms with Gasteiger partial charge in [-0.1, -0.05) is 8.93 Å². The van der Waals surface area contributed by atoms with Gasteiger partial charge in [-0.05, 0) is 40.1 Å². The van der Waals surface area contributed by atoms with Gasteiger partial charge in [0.1, 0.15) is 0 Å². The van der Waals surface area contributed by atoms with Crippen LogP contribution in [0.1, 0.15) is 19.3 Å². The topological polar surface area (TPSA) is 15.3 Å². The first-order valence-electron chi connectivity index (χ1n) is 4.85. The molecule has 0 saturated carbocycles. The zero-order valence-corrected chi connectivity index (χ0v) is 9.58. The molecule has 2 aliphatic heterocycles. The molecule has 2 heterocycles. The molecule has 0 aromatic heterocycles. The summed E-state index contributed by atoms with van der Waals surface area (Å²) in [5.74, 6) is 0.983. The predicted molar refractivity (Wildman–Crippen MR) is 58.7 cm³/mol. The van der Waals surface area contributed by atoms with Gasteiger partial charge in [0.15, 0.2) is 0 Å². The second-order valence-electron chi connectivity index (χ2n) is 3.83. The third-order valence-corrected chi connectivity index (χ3v) is 4.96. The Hall–Kier alpha value is 0.780. The lowest BCUT2D eigenvalue weighted by Gasteiger charge is -2.41. The molecule has 4 unspecified atom stereocenters. The van der Waals surface area contributed by atoms with Crippen LogP contribution in [-0.2, 0) is 0 Å². The molecule has 4 atom stereocenters. The highest BCUT2D eigenvalue weighted by Crippen LogP contribution is 2.34. The lowest BCUT2D eigenvalue weighted by molar-refractivity contribution is 0.179. The number of nitrogens with one attached hydrogen (secondary N) is 1. The Bertz CT molecular complexity index is 154. The molecule has 0 aromatic rings. The molecule has 2 fully saturated rings. The Balaban J connectivity index is 1.90. The maximum absolute atomic E-state index is 3.64. The van der Waals surface area contributed by atoms with Gasteiger partial charge < -0.3 is 5.32 Å². The second-order valence-corrected chi connectivity index (χ2v) is 5.49. The minimum absolute atomic E-state index is 0.806. The van der Waals surface area contributed by atoms with Crippen molar-refractivity contribution in [3.8, 4) is 0 Å². The summed E-state index contributed by atoms with van der Waals surface area (Å²) in [6.07, 6.45) is 4.27. The fraction of sp³-hybridized carbons (Fsp3) is 1.00. The van der Waals surface area contributed by atoms with Crippen LogP contribution < -0.4 is 5.32 Å². The smallest absolute Gasteiger partial charge is 0.0227 e. The maximum Gasteiger partial charge on any atom is 0.0227 e. The van der Waals surface area contributed by atoms with Crippen LogP contribution in [0.2, 0.25) is 0 Å². The monoisotopic (exact) mass is 204 g/mol. The lowest BCUT2D eigenvalue weighted by atomic mass is 9.86. The average molecular weight is 204 g/mol. The van der Waals surface area contributed by atoms with Crippen LogP contribution in [0.25, 0.3) is 0 Å². The van der Waals surface area contributed by atoms with Crippen molar-refractivity contribution in [2.75, 3.05) is 19.6 Å². The molecule has 0 amide bonds. The van der Waals surface area contributed by atoms with E-state index in [1.54, 1.807) is 0 Å². The lowest BCUT2D eigenvalue weighted by Crippen LogP contribution is -2.51. The normalized spacial score (nSPS) is 38.8. The van der Waals surface area contributed by atoms with Crippen LogP contribution in [0.5, 0.6) is 0 Å². The van der Waals surface area contributed by atoms with Crippen LogP contribution in [0.3, 0.4) is 0 Å². The number of nitrogens with zero attached hydrogens (tertiary/aromatic N) is 1. The highest BCUT2D eigenvalue weighted by atomic mass is 32.0. The molecule has 0 radical (unpaired) electrons. The minimum Gasteiger partial charge on any atom is -0.312 e. The second kappa shape index (κ2) is 4.33. The summed E-state index contributed by atoms with van der Waals surface area (Å²) in [6.45, 7) is 3.85. The molecule has 2 nitrogen and oxygen atoms in total. The fourth-order valence-electron chi connectivity index (χ4n) is 2.35. The molecule has 0 aromatic carbocycles. The van der Waals surface area contributed by atoms with Crippen molar-refractivity contribution in [2.24, 2.45) is 5.92 Å². The first-order chi connectivity index (χ1) is 5.90. The first kappa shape index (κ1) is 9.34. The van der Waals surface area contributed by atoms with E-state index in [1.807, 2.05) is 0 Å². The molecule has 12 heavy (non-hydrogen) atoms. The third-order valence-electron chi connectivity index (χ3n) is 3.10. The van der Waals surface area contributed by atoms with Gasteiger partial charge >= 0.3 is 0 Å². The molecule has 2 saturated heterocycles. The molecule has 0 aliphatic carbocycles. The Morgan fingerprint density at radius 1 is 1.42 bits per heavy atom. The van der Waals surface area contributed by atoms with Crippen molar-refractivity contribution in [3.63, 3.8) is 0 Å². The highest BCUT2D eigenvalue weighted by Gasteiger charge is 2.29. The van der Waals surface area contributed by atoms with E-state index in [0.29, 0.717) is 0 Å². The first-order valence-corrected chi connectivity index (χ1v) is 7.60. The Morgan fingerprint density at radius 3 is 3.17 bits per heavy atom. The maximum atomic E-state index is 3.64. The van der Waals surface area contributed by atoms with E-state index < -0.39 is 0 Å². The van der Waals surface area contributed by atoms with Crippen LogP contribution in [0, 0.1) is 5.92 Å². The molecule has 2 aliphatic rings. The number of hydrogen-bond acceptors (Lipinski definition) is 2. The van der Waals surface area contributed by atoms with Crippen LogP contribution in [0.4, 0.5) is 0 Å². The quantitative estimate of drug-likeness (QED) is 0.650. The van der Waals surface area contributed by atoms with Gasteiger partial charge in [0.05, 0.1) is 0 Å². The Morgan fingerprint density at radius 2 is 2.33 bits per heavy atom. The summed E-state index contributed by atoms with van der Waals surface area (Å²) in [7, 11) is 3.78. The van der Waals surface area contributed by atoms with Crippen molar-refractivity contribution >= 4 is 17.3 Å². The van der Waals surface area contributed by atoms with E-state index in [-0.39, 0.29) is 0 Å². The summed E-state index contributed by atoms with van der Waals surface area (Å²) in [5, 5.41) is 3.64. The summed E-state index contributed by atoms with van der Waals surface area (Å²) >= 11 is 0. The van der Waals surface area contributed by atoms with Gasteiger partial charge in [-0.15, -0.1) is 0 Å². The minimum atomic E-state index is 0.806. The summed E-state index contributed by atoms with van der Waals surface area (Å²) in [4.78, 5) is 0. The Labute approximate surface area is 78.8 Å². The molecule has 0 spiro atoms. The molecule has 4 heteroatoms. The van der Waals surface area contributed by atoms with Crippen molar-refractivity contribution in [1.82, 2.24) is 9.99 Å². The average Bonchev–Trinajstić information content (AvgIpc) is 2.17. The molecular weight excluding hydrogens is 186 g/mol. The van der Waals surface area contributed by atoms with Gasteiger partial charge in [-0.3, -0.25) is 4.67 Å². The van der Waals surface area contributed by atoms with Crippen molar-refractivity contribution in [3.05, 3.63) is 0 Å². The van der Waals surface area contributed by atoms with Gasteiger partial charge in [0.25, 0.3) is 0 Å². The van der Waals surface area contributed by atoms with E-state index in [9.17, 15) is 0 Å². The van der Waals surface area contributed by atoms with Crippen molar-refractivity contribution in [1.29, 1.82) is 0 Å². The van der Waals surface area contributed by atoms with Crippen molar-refractivity contribution < 1.29 is 0 Å². The zero-order chi connectivity index (χ0) is 8.39. The molecule has 70 valence electrons. The molecule has 1 N–H and O–H groups in total. The summed E-state index contributed by atoms with van der Waals surface area (Å²) in [6, 6.07) is 0.806. The molecular formula is C8H18N2P2. The van der Waals surface area contributed by atoms with E-state index in [4.69, 9.17) is 0 Å². The fourth-order valence-corrected chi connectivity index (χ4v) is 3.61. The van der Waals surface area contributed by atoms with Gasteiger partial charge in [0, 0.05) is 19.1 Å². The van der Waals surface area contributed by atoms with Crippen LogP contribution in [0.15, 0.2) is 0 Å². The van der Waals surface area contributed by atoms with E-state index >= 15 is 0 Å². The summed E-state index contributed by atoms with van der Waals surface area (Å²) in [5.41, 5.74) is 0. The van der Waals surface area contributed by atoms with Crippen molar-refractivity contribution in [2.45, 2.75) is 25.3 Å². The van der Waals surface area contributed by atoms with Crippen LogP contribution in [-0.4, -0.2) is 30.3 Å². The SMILES string of the molecule is PPN1CCC2CCCNC2C1. The van der Waals surface area contributed by atoms with E-state index in [0.717, 1.165) is 20.4 Å². The highest BCUT2D eigenvalue weighted by molar-refractivity contribution is 8.01. The number of fused-ring (bicyclic) bond motifs is 1. The van der Waals surface area contributed by atoms with Gasteiger partial charge in [-0.25, -0.2) is 0 Å².